The van der Waals surface area contributed by atoms with Crippen molar-refractivity contribution in [2.75, 3.05) is 34.5 Å². The summed E-state index contributed by atoms with van der Waals surface area (Å²) in [6, 6.07) is 21.9. The Morgan fingerprint density at radius 2 is 1.82 bits per heavy atom. The molecule has 0 radical (unpaired) electrons. The standard InChI is InChI=1S/C26H23N3O4S/c1-17-6-5-7-18(14-17)27-23(30)15-28-22-9-4-3-8-21(22)26(25(28)32)29(24(31)16-34-26)19-10-12-20(33-2)13-11-19/h3-14H,15-16H2,1-2H3,(H,27,30)/t26-/m0/s1. The van der Waals surface area contributed by atoms with E-state index in [1.54, 1.807) is 36.3 Å². The van der Waals surface area contributed by atoms with Crippen LogP contribution in [0.25, 0.3) is 0 Å². The van der Waals surface area contributed by atoms with E-state index in [4.69, 9.17) is 4.74 Å². The van der Waals surface area contributed by atoms with E-state index in [2.05, 4.69) is 5.32 Å². The molecule has 2 aliphatic rings. The minimum atomic E-state index is -1.26. The topological polar surface area (TPSA) is 79.0 Å². The number of fused-ring (bicyclic) bond motifs is 2. The van der Waals surface area contributed by atoms with Crippen LogP contribution in [-0.4, -0.2) is 37.1 Å². The molecule has 0 unspecified atom stereocenters. The summed E-state index contributed by atoms with van der Waals surface area (Å²) in [5.41, 5.74) is 3.63. The number of hydrogen-bond acceptors (Lipinski definition) is 5. The molecule has 8 heteroatoms. The number of carbonyl (C=O) groups is 3. The number of benzene rings is 3. The fourth-order valence-corrected chi connectivity index (χ4v) is 5.87. The van der Waals surface area contributed by atoms with E-state index in [1.807, 2.05) is 55.5 Å². The third-order valence-corrected chi connectivity index (χ3v) is 7.38. The molecule has 0 aliphatic carbocycles. The second kappa shape index (κ2) is 8.53. The van der Waals surface area contributed by atoms with Crippen LogP contribution in [0.3, 0.4) is 0 Å². The van der Waals surface area contributed by atoms with Crippen LogP contribution in [0, 0.1) is 6.92 Å². The van der Waals surface area contributed by atoms with E-state index in [1.165, 1.54) is 16.7 Å². The fraction of sp³-hybridized carbons (Fsp3) is 0.192. The smallest absolute Gasteiger partial charge is 0.269 e. The lowest BCUT2D eigenvalue weighted by molar-refractivity contribution is -0.124. The lowest BCUT2D eigenvalue weighted by Crippen LogP contribution is -2.50. The van der Waals surface area contributed by atoms with Gasteiger partial charge >= 0.3 is 0 Å². The first-order valence-corrected chi connectivity index (χ1v) is 11.8. The predicted octanol–water partition coefficient (Wildman–Crippen LogP) is 3.92. The largest absolute Gasteiger partial charge is 0.497 e. The SMILES string of the molecule is COc1ccc(N2C(=O)CS[C@@]23C(=O)N(CC(=O)Nc2cccc(C)c2)c2ccccc23)cc1. The van der Waals surface area contributed by atoms with Crippen LogP contribution in [0.1, 0.15) is 11.1 Å². The van der Waals surface area contributed by atoms with Gasteiger partial charge in [0.1, 0.15) is 12.3 Å². The molecule has 0 bridgehead atoms. The number of nitrogens with zero attached hydrogens (tertiary/aromatic N) is 2. The Labute approximate surface area is 201 Å². The van der Waals surface area contributed by atoms with Crippen molar-refractivity contribution < 1.29 is 19.1 Å². The average molecular weight is 474 g/mol. The van der Waals surface area contributed by atoms with Gasteiger partial charge < -0.3 is 10.1 Å². The first kappa shape index (κ1) is 22.0. The van der Waals surface area contributed by atoms with Crippen molar-refractivity contribution in [3.63, 3.8) is 0 Å². The van der Waals surface area contributed by atoms with Crippen molar-refractivity contribution >= 4 is 46.5 Å². The van der Waals surface area contributed by atoms with Gasteiger partial charge in [0.15, 0.2) is 0 Å². The van der Waals surface area contributed by atoms with E-state index in [9.17, 15) is 14.4 Å². The Hall–Kier alpha value is -3.78. The van der Waals surface area contributed by atoms with Gasteiger partial charge in [-0.25, -0.2) is 0 Å². The zero-order chi connectivity index (χ0) is 23.9. The average Bonchev–Trinajstić information content (AvgIpc) is 3.30. The Morgan fingerprint density at radius 1 is 1.06 bits per heavy atom. The summed E-state index contributed by atoms with van der Waals surface area (Å²) in [5, 5.41) is 2.87. The molecule has 3 aromatic rings. The number of methoxy groups -OCH3 is 1. The molecule has 3 aromatic carbocycles. The van der Waals surface area contributed by atoms with Crippen molar-refractivity contribution in [1.82, 2.24) is 0 Å². The number of hydrogen-bond donors (Lipinski definition) is 1. The van der Waals surface area contributed by atoms with Gasteiger partial charge in [-0.3, -0.25) is 24.2 Å². The summed E-state index contributed by atoms with van der Waals surface area (Å²) in [5.74, 6) is 0.0417. The molecule has 1 saturated heterocycles. The number of aryl methyl sites for hydroxylation is 1. The van der Waals surface area contributed by atoms with Crippen molar-refractivity contribution in [2.45, 2.75) is 11.8 Å². The normalized spacial score (nSPS) is 19.0. The third-order valence-electron chi connectivity index (χ3n) is 6.00. The first-order chi connectivity index (χ1) is 16.4. The van der Waals surface area contributed by atoms with E-state index in [0.717, 1.165) is 5.56 Å². The van der Waals surface area contributed by atoms with E-state index in [0.29, 0.717) is 28.4 Å². The van der Waals surface area contributed by atoms with Gasteiger partial charge in [0, 0.05) is 16.9 Å². The molecule has 5 rings (SSSR count). The summed E-state index contributed by atoms with van der Waals surface area (Å²) < 4.78 is 5.24. The molecule has 172 valence electrons. The highest BCUT2D eigenvalue weighted by molar-refractivity contribution is 8.02. The fourth-order valence-electron chi connectivity index (χ4n) is 4.51. The molecule has 1 N–H and O–H groups in total. The van der Waals surface area contributed by atoms with Crippen LogP contribution in [0.4, 0.5) is 17.1 Å². The number of para-hydroxylation sites is 1. The maximum Gasteiger partial charge on any atom is 0.269 e. The Morgan fingerprint density at radius 3 is 2.56 bits per heavy atom. The molecule has 2 heterocycles. The molecule has 1 atom stereocenters. The lowest BCUT2D eigenvalue weighted by Gasteiger charge is -2.33. The van der Waals surface area contributed by atoms with E-state index in [-0.39, 0.29) is 30.0 Å². The monoisotopic (exact) mass is 473 g/mol. The van der Waals surface area contributed by atoms with Crippen molar-refractivity contribution in [3.05, 3.63) is 83.9 Å². The van der Waals surface area contributed by atoms with E-state index >= 15 is 0 Å². The molecule has 34 heavy (non-hydrogen) atoms. The maximum atomic E-state index is 14.0. The van der Waals surface area contributed by atoms with Gasteiger partial charge in [-0.15, -0.1) is 11.8 Å². The summed E-state index contributed by atoms with van der Waals surface area (Å²) in [6.07, 6.45) is 0. The van der Waals surface area contributed by atoms with Crippen LogP contribution in [0.5, 0.6) is 5.75 Å². The number of rotatable bonds is 5. The number of anilines is 3. The molecule has 7 nitrogen and oxygen atoms in total. The minimum Gasteiger partial charge on any atom is -0.497 e. The lowest BCUT2D eigenvalue weighted by atomic mass is 10.0. The Bertz CT molecular complexity index is 1290. The van der Waals surface area contributed by atoms with Crippen LogP contribution < -0.4 is 19.9 Å². The number of carbonyl (C=O) groups excluding carboxylic acids is 3. The number of ether oxygens (including phenoxy) is 1. The summed E-state index contributed by atoms with van der Waals surface area (Å²) >= 11 is 1.28. The highest BCUT2D eigenvalue weighted by atomic mass is 32.2. The second-order valence-electron chi connectivity index (χ2n) is 8.19. The van der Waals surface area contributed by atoms with Crippen molar-refractivity contribution in [2.24, 2.45) is 0 Å². The van der Waals surface area contributed by atoms with Gasteiger partial charge in [-0.05, 0) is 55.0 Å². The van der Waals surface area contributed by atoms with Crippen LogP contribution in [0.15, 0.2) is 72.8 Å². The zero-order valence-corrected chi connectivity index (χ0v) is 19.6. The maximum absolute atomic E-state index is 14.0. The quantitative estimate of drug-likeness (QED) is 0.608. The van der Waals surface area contributed by atoms with Crippen LogP contribution in [-0.2, 0) is 19.3 Å². The molecule has 0 saturated carbocycles. The summed E-state index contributed by atoms with van der Waals surface area (Å²) in [6.45, 7) is 1.79. The van der Waals surface area contributed by atoms with Crippen LogP contribution in [0.2, 0.25) is 0 Å². The van der Waals surface area contributed by atoms with Gasteiger partial charge in [0.2, 0.25) is 16.7 Å². The molecular weight excluding hydrogens is 450 g/mol. The number of amides is 3. The Kier molecular flexibility index (Phi) is 5.53. The number of thioether (sulfide) groups is 1. The number of nitrogens with one attached hydrogen (secondary N) is 1. The highest BCUT2D eigenvalue weighted by Gasteiger charge is 2.61. The zero-order valence-electron chi connectivity index (χ0n) is 18.8. The van der Waals surface area contributed by atoms with Crippen molar-refractivity contribution in [3.8, 4) is 5.75 Å². The molecular formula is C26H23N3O4S. The predicted molar refractivity (Wildman–Crippen MR) is 133 cm³/mol. The summed E-state index contributed by atoms with van der Waals surface area (Å²) in [4.78, 5) is 41.7. The molecule has 2 aliphatic heterocycles. The Balaban J connectivity index is 1.50. The molecule has 1 spiro atoms. The molecule has 1 fully saturated rings. The minimum absolute atomic E-state index is 0.156. The highest BCUT2D eigenvalue weighted by Crippen LogP contribution is 2.55. The molecule has 3 amide bonds. The van der Waals surface area contributed by atoms with Gasteiger partial charge in [-0.1, -0.05) is 30.3 Å². The summed E-state index contributed by atoms with van der Waals surface area (Å²) in [7, 11) is 1.57. The van der Waals surface area contributed by atoms with Gasteiger partial charge in [0.05, 0.1) is 18.6 Å². The van der Waals surface area contributed by atoms with Gasteiger partial charge in [0.25, 0.3) is 5.91 Å². The van der Waals surface area contributed by atoms with Crippen LogP contribution >= 0.6 is 11.8 Å². The van der Waals surface area contributed by atoms with E-state index < -0.39 is 4.87 Å². The third kappa shape index (κ3) is 3.51. The van der Waals surface area contributed by atoms with Crippen molar-refractivity contribution in [1.29, 1.82) is 0 Å². The first-order valence-electron chi connectivity index (χ1n) is 10.8. The second-order valence-corrected chi connectivity index (χ2v) is 9.35. The molecule has 0 aromatic heterocycles. The van der Waals surface area contributed by atoms with Gasteiger partial charge in [-0.2, -0.15) is 0 Å².